The van der Waals surface area contributed by atoms with Gasteiger partial charge in [0.1, 0.15) is 5.78 Å². The molecule has 0 unspecified atom stereocenters. The highest BCUT2D eigenvalue weighted by Gasteiger charge is 2.62. The van der Waals surface area contributed by atoms with Crippen molar-refractivity contribution in [3.8, 4) is 0 Å². The molecule has 0 heterocycles. The highest BCUT2D eigenvalue weighted by atomic mass is 16.3. The first-order chi connectivity index (χ1) is 13.7. The van der Waals surface area contributed by atoms with Crippen LogP contribution in [0.25, 0.3) is 0 Å². The van der Waals surface area contributed by atoms with E-state index in [1.54, 1.807) is 0 Å². The number of aliphatic hydroxyl groups is 1. The second-order valence-corrected chi connectivity index (χ2v) is 8.25. The van der Waals surface area contributed by atoms with Crippen LogP contribution in [0.1, 0.15) is 41.4 Å². The predicted octanol–water partition coefficient (Wildman–Crippen LogP) is 5.05. The Morgan fingerprint density at radius 1 is 0.714 bits per heavy atom. The van der Waals surface area contributed by atoms with Gasteiger partial charge in [0.25, 0.3) is 0 Å². The number of carbonyl (C=O) groups is 1. The van der Waals surface area contributed by atoms with E-state index in [-0.39, 0.29) is 23.7 Å². The first-order valence-electron chi connectivity index (χ1n) is 10.1. The zero-order valence-corrected chi connectivity index (χ0v) is 15.7. The van der Waals surface area contributed by atoms with Gasteiger partial charge in [0.15, 0.2) is 0 Å². The Morgan fingerprint density at radius 2 is 1.21 bits per heavy atom. The van der Waals surface area contributed by atoms with Crippen LogP contribution in [-0.2, 0) is 10.4 Å². The molecule has 2 heteroatoms. The third-order valence-electron chi connectivity index (χ3n) is 6.86. The molecule has 2 nitrogen and oxygen atoms in total. The van der Waals surface area contributed by atoms with Crippen molar-refractivity contribution in [1.29, 1.82) is 0 Å². The van der Waals surface area contributed by atoms with Crippen LogP contribution in [0.15, 0.2) is 91.0 Å². The highest BCUT2D eigenvalue weighted by molar-refractivity contribution is 5.87. The Kier molecular flexibility index (Phi) is 4.17. The zero-order valence-electron chi connectivity index (χ0n) is 15.7. The maximum absolute atomic E-state index is 13.2. The SMILES string of the molecule is O=C1C[C@H](c2ccccc2)[C@@H]2[C@H]1[C@@H](c1ccccc1)C[C@@]2(O)c1ccccc1. The molecule has 0 saturated heterocycles. The number of carbonyl (C=O) groups excluding carboxylic acids is 1. The molecule has 0 amide bonds. The van der Waals surface area contributed by atoms with Crippen molar-refractivity contribution in [2.75, 3.05) is 0 Å². The molecule has 1 N–H and O–H groups in total. The van der Waals surface area contributed by atoms with Gasteiger partial charge in [-0.15, -0.1) is 0 Å². The minimum absolute atomic E-state index is 0.0534. The molecular weight excluding hydrogens is 344 g/mol. The highest BCUT2D eigenvalue weighted by Crippen LogP contribution is 2.63. The van der Waals surface area contributed by atoms with Crippen LogP contribution < -0.4 is 0 Å². The van der Waals surface area contributed by atoms with Gasteiger partial charge in [0.2, 0.25) is 0 Å². The maximum Gasteiger partial charge on any atom is 0.137 e. The number of benzene rings is 3. The predicted molar refractivity (Wildman–Crippen MR) is 110 cm³/mol. The molecule has 5 rings (SSSR count). The minimum Gasteiger partial charge on any atom is -0.385 e. The lowest BCUT2D eigenvalue weighted by atomic mass is 9.74. The van der Waals surface area contributed by atoms with Gasteiger partial charge in [0.05, 0.1) is 5.60 Å². The zero-order chi connectivity index (χ0) is 19.1. The Morgan fingerprint density at radius 3 is 1.79 bits per heavy atom. The van der Waals surface area contributed by atoms with E-state index in [0.29, 0.717) is 18.6 Å². The van der Waals surface area contributed by atoms with E-state index >= 15 is 0 Å². The fourth-order valence-electron chi connectivity index (χ4n) is 5.72. The van der Waals surface area contributed by atoms with Gasteiger partial charge < -0.3 is 5.11 Å². The average molecular weight is 368 g/mol. The van der Waals surface area contributed by atoms with Crippen molar-refractivity contribution in [3.63, 3.8) is 0 Å². The fourth-order valence-corrected chi connectivity index (χ4v) is 5.72. The van der Waals surface area contributed by atoms with Crippen LogP contribution in [0.4, 0.5) is 0 Å². The summed E-state index contributed by atoms with van der Waals surface area (Å²) in [5, 5.41) is 12.1. The summed E-state index contributed by atoms with van der Waals surface area (Å²) in [5.74, 6) is 0.155. The summed E-state index contributed by atoms with van der Waals surface area (Å²) >= 11 is 0. The lowest BCUT2D eigenvalue weighted by Gasteiger charge is -2.34. The van der Waals surface area contributed by atoms with E-state index in [1.165, 1.54) is 0 Å². The van der Waals surface area contributed by atoms with E-state index < -0.39 is 5.60 Å². The fraction of sp³-hybridized carbons (Fsp3) is 0.269. The number of ketones is 1. The monoisotopic (exact) mass is 368 g/mol. The normalized spacial score (nSPS) is 31.7. The number of rotatable bonds is 3. The Hall–Kier alpha value is -2.71. The van der Waals surface area contributed by atoms with Gasteiger partial charge in [-0.1, -0.05) is 91.0 Å². The Labute approximate surface area is 165 Å². The summed E-state index contributed by atoms with van der Waals surface area (Å²) in [6, 6.07) is 30.5. The number of Topliss-reactive ketones (excluding diaryl/α,β-unsaturated/α-hetero) is 1. The van der Waals surface area contributed by atoms with Crippen molar-refractivity contribution in [1.82, 2.24) is 0 Å². The van der Waals surface area contributed by atoms with Crippen LogP contribution in [0, 0.1) is 11.8 Å². The average Bonchev–Trinajstić information content (AvgIpc) is 3.27. The smallest absolute Gasteiger partial charge is 0.137 e. The van der Waals surface area contributed by atoms with E-state index in [1.807, 2.05) is 66.7 Å². The number of fused-ring (bicyclic) bond motifs is 1. The third kappa shape index (κ3) is 2.63. The van der Waals surface area contributed by atoms with Crippen molar-refractivity contribution >= 4 is 5.78 Å². The molecule has 3 aromatic carbocycles. The van der Waals surface area contributed by atoms with Crippen molar-refractivity contribution < 1.29 is 9.90 Å². The Bertz CT molecular complexity index is 930. The van der Waals surface area contributed by atoms with Gasteiger partial charge >= 0.3 is 0 Å². The lowest BCUT2D eigenvalue weighted by Crippen LogP contribution is -2.34. The second kappa shape index (κ2) is 6.72. The number of hydrogen-bond donors (Lipinski definition) is 1. The maximum atomic E-state index is 13.2. The molecule has 0 spiro atoms. The minimum atomic E-state index is -1.00. The first-order valence-corrected chi connectivity index (χ1v) is 10.1. The molecule has 2 aliphatic rings. The summed E-state index contributed by atoms with van der Waals surface area (Å²) in [6.07, 6.45) is 1.10. The van der Waals surface area contributed by atoms with E-state index in [2.05, 4.69) is 24.3 Å². The van der Waals surface area contributed by atoms with Gasteiger partial charge in [-0.05, 0) is 34.9 Å². The van der Waals surface area contributed by atoms with Crippen molar-refractivity contribution in [3.05, 3.63) is 108 Å². The van der Waals surface area contributed by atoms with Crippen LogP contribution in [0.3, 0.4) is 0 Å². The molecule has 0 bridgehead atoms. The van der Waals surface area contributed by atoms with Crippen LogP contribution in [0.5, 0.6) is 0 Å². The van der Waals surface area contributed by atoms with Crippen molar-refractivity contribution in [2.24, 2.45) is 11.8 Å². The standard InChI is InChI=1S/C26H24O2/c27-23-16-21(18-10-4-1-5-11-18)25-24(23)22(19-12-6-2-7-13-19)17-26(25,28)20-14-8-3-9-15-20/h1-15,21-22,24-25,28H,16-17H2/t21-,22-,24+,25-,26-/m1/s1. The molecule has 2 aliphatic carbocycles. The molecule has 2 fully saturated rings. The molecule has 140 valence electrons. The molecule has 0 aromatic heterocycles. The van der Waals surface area contributed by atoms with Crippen LogP contribution >= 0.6 is 0 Å². The summed E-state index contributed by atoms with van der Waals surface area (Å²) in [4.78, 5) is 13.2. The van der Waals surface area contributed by atoms with Gasteiger partial charge in [-0.25, -0.2) is 0 Å². The molecule has 5 atom stereocenters. The van der Waals surface area contributed by atoms with Gasteiger partial charge in [-0.2, -0.15) is 0 Å². The molecule has 0 radical (unpaired) electrons. The summed E-state index contributed by atoms with van der Waals surface area (Å²) in [6.45, 7) is 0. The van der Waals surface area contributed by atoms with Crippen molar-refractivity contribution in [2.45, 2.75) is 30.3 Å². The summed E-state index contributed by atoms with van der Waals surface area (Å²) < 4.78 is 0. The molecule has 0 aliphatic heterocycles. The topological polar surface area (TPSA) is 37.3 Å². The second-order valence-electron chi connectivity index (χ2n) is 8.25. The van der Waals surface area contributed by atoms with Crippen LogP contribution in [0.2, 0.25) is 0 Å². The molecule has 28 heavy (non-hydrogen) atoms. The number of hydrogen-bond acceptors (Lipinski definition) is 2. The molecular formula is C26H24O2. The first kappa shape index (κ1) is 17.4. The quantitative estimate of drug-likeness (QED) is 0.702. The third-order valence-corrected chi connectivity index (χ3v) is 6.86. The van der Waals surface area contributed by atoms with Gasteiger partial charge in [-0.3, -0.25) is 4.79 Å². The van der Waals surface area contributed by atoms with Crippen LogP contribution in [-0.4, -0.2) is 10.9 Å². The van der Waals surface area contributed by atoms with E-state index in [0.717, 1.165) is 16.7 Å². The van der Waals surface area contributed by atoms with E-state index in [4.69, 9.17) is 0 Å². The largest absolute Gasteiger partial charge is 0.385 e. The molecule has 3 aromatic rings. The summed E-state index contributed by atoms with van der Waals surface area (Å²) in [5.41, 5.74) is 2.25. The van der Waals surface area contributed by atoms with E-state index in [9.17, 15) is 9.90 Å². The lowest BCUT2D eigenvalue weighted by molar-refractivity contribution is -0.121. The van der Waals surface area contributed by atoms with Gasteiger partial charge in [0, 0.05) is 18.3 Å². The molecule has 2 saturated carbocycles. The Balaban J connectivity index is 1.66. The summed E-state index contributed by atoms with van der Waals surface area (Å²) in [7, 11) is 0.